The molecule has 1 N–H and O–H groups in total. The number of likely N-dealkylation sites (tertiary alicyclic amines) is 1. The number of aliphatic hydroxyl groups is 1. The first-order valence-corrected chi connectivity index (χ1v) is 8.91. The number of hydrogen-bond donors (Lipinski definition) is 1. The van der Waals surface area contributed by atoms with Gasteiger partial charge in [-0.1, -0.05) is 12.1 Å². The quantitative estimate of drug-likeness (QED) is 0.922. The zero-order valence-corrected chi connectivity index (χ0v) is 14.1. The second-order valence-electron chi connectivity index (χ2n) is 6.90. The normalized spacial score (nSPS) is 27.7. The van der Waals surface area contributed by atoms with Crippen LogP contribution in [0.5, 0.6) is 0 Å². The van der Waals surface area contributed by atoms with Gasteiger partial charge in [-0.05, 0) is 37.9 Å². The SMILES string of the molecule is O[C@@H]1CCOC[C@@H]1[C@@H]1CCCN1Cc1ncc(-c2cccc(F)c2)o1. The van der Waals surface area contributed by atoms with Gasteiger partial charge in [0.1, 0.15) is 5.82 Å². The highest BCUT2D eigenvalue weighted by atomic mass is 19.1. The lowest BCUT2D eigenvalue weighted by atomic mass is 9.89. The molecule has 0 saturated carbocycles. The maximum absolute atomic E-state index is 13.4. The third-order valence-electron chi connectivity index (χ3n) is 5.27. The molecular formula is C19H23FN2O3. The fourth-order valence-corrected chi connectivity index (χ4v) is 3.98. The summed E-state index contributed by atoms with van der Waals surface area (Å²) in [7, 11) is 0. The third-order valence-corrected chi connectivity index (χ3v) is 5.27. The molecule has 134 valence electrons. The lowest BCUT2D eigenvalue weighted by molar-refractivity contribution is -0.0643. The Bertz CT molecular complexity index is 720. The molecule has 0 radical (unpaired) electrons. The Morgan fingerprint density at radius 3 is 3.08 bits per heavy atom. The molecule has 0 bridgehead atoms. The number of ether oxygens (including phenoxy) is 1. The predicted octanol–water partition coefficient (Wildman–Crippen LogP) is 2.84. The number of hydrogen-bond acceptors (Lipinski definition) is 5. The summed E-state index contributed by atoms with van der Waals surface area (Å²) in [5, 5.41) is 10.3. The van der Waals surface area contributed by atoms with E-state index in [0.29, 0.717) is 49.4 Å². The average Bonchev–Trinajstić information content (AvgIpc) is 3.25. The van der Waals surface area contributed by atoms with Crippen LogP contribution in [0.3, 0.4) is 0 Å². The molecule has 2 aliphatic heterocycles. The fraction of sp³-hybridized carbons (Fsp3) is 0.526. The van der Waals surface area contributed by atoms with Crippen LogP contribution in [-0.2, 0) is 11.3 Å². The van der Waals surface area contributed by atoms with Crippen molar-refractivity contribution in [3.63, 3.8) is 0 Å². The van der Waals surface area contributed by atoms with Crippen LogP contribution in [0, 0.1) is 11.7 Å². The van der Waals surface area contributed by atoms with Crippen LogP contribution in [0.1, 0.15) is 25.2 Å². The standard InChI is InChI=1S/C19H23FN2O3/c20-14-4-1-3-13(9-14)18-10-21-19(25-18)11-22-7-2-5-16(22)15-12-24-8-6-17(15)23/h1,3-4,9-10,15-17,23H,2,5-8,11-12H2/t15-,16+,17-/m1/s1. The van der Waals surface area contributed by atoms with Crippen LogP contribution < -0.4 is 0 Å². The summed E-state index contributed by atoms with van der Waals surface area (Å²) in [6, 6.07) is 6.61. The van der Waals surface area contributed by atoms with Gasteiger partial charge in [0.25, 0.3) is 0 Å². The summed E-state index contributed by atoms with van der Waals surface area (Å²) in [6.45, 7) is 2.82. The van der Waals surface area contributed by atoms with Crippen LogP contribution in [0.4, 0.5) is 4.39 Å². The number of benzene rings is 1. The van der Waals surface area contributed by atoms with Crippen LogP contribution in [0.15, 0.2) is 34.9 Å². The summed E-state index contributed by atoms with van der Waals surface area (Å²) >= 11 is 0. The summed E-state index contributed by atoms with van der Waals surface area (Å²) in [6.07, 6.45) is 4.21. The Labute approximate surface area is 146 Å². The molecule has 6 heteroatoms. The van der Waals surface area contributed by atoms with Crippen molar-refractivity contribution in [1.82, 2.24) is 9.88 Å². The van der Waals surface area contributed by atoms with Gasteiger partial charge in [0.05, 0.1) is 25.5 Å². The number of halogens is 1. The first-order chi connectivity index (χ1) is 12.2. The minimum Gasteiger partial charge on any atom is -0.439 e. The van der Waals surface area contributed by atoms with Gasteiger partial charge in [-0.15, -0.1) is 0 Å². The monoisotopic (exact) mass is 346 g/mol. The molecule has 4 rings (SSSR count). The number of nitrogens with zero attached hydrogens (tertiary/aromatic N) is 2. The topological polar surface area (TPSA) is 58.7 Å². The van der Waals surface area contributed by atoms with Crippen molar-refractivity contribution in [1.29, 1.82) is 0 Å². The molecule has 1 aromatic carbocycles. The lowest BCUT2D eigenvalue weighted by Gasteiger charge is -2.36. The van der Waals surface area contributed by atoms with Gasteiger partial charge in [0.2, 0.25) is 5.89 Å². The van der Waals surface area contributed by atoms with Gasteiger partial charge < -0.3 is 14.3 Å². The molecule has 2 fully saturated rings. The van der Waals surface area contributed by atoms with E-state index in [1.165, 1.54) is 12.1 Å². The first kappa shape index (κ1) is 16.7. The molecule has 0 aliphatic carbocycles. The van der Waals surface area contributed by atoms with Crippen LogP contribution in [-0.4, -0.2) is 46.9 Å². The Balaban J connectivity index is 1.46. The average molecular weight is 346 g/mol. The number of oxazole rings is 1. The van der Waals surface area contributed by atoms with Crippen LogP contribution >= 0.6 is 0 Å². The van der Waals surface area contributed by atoms with Gasteiger partial charge in [-0.25, -0.2) is 9.37 Å². The highest BCUT2D eigenvalue weighted by Gasteiger charge is 2.37. The number of rotatable bonds is 4. The van der Waals surface area contributed by atoms with Crippen molar-refractivity contribution in [2.45, 2.75) is 38.0 Å². The Morgan fingerprint density at radius 2 is 2.24 bits per heavy atom. The van der Waals surface area contributed by atoms with Crippen molar-refractivity contribution in [2.75, 3.05) is 19.8 Å². The lowest BCUT2D eigenvalue weighted by Crippen LogP contribution is -2.45. The van der Waals surface area contributed by atoms with Crippen LogP contribution in [0.25, 0.3) is 11.3 Å². The largest absolute Gasteiger partial charge is 0.439 e. The van der Waals surface area contributed by atoms with Crippen molar-refractivity contribution >= 4 is 0 Å². The van der Waals surface area contributed by atoms with E-state index in [4.69, 9.17) is 9.15 Å². The van der Waals surface area contributed by atoms with E-state index in [-0.39, 0.29) is 17.8 Å². The maximum Gasteiger partial charge on any atom is 0.209 e. The Morgan fingerprint density at radius 1 is 1.32 bits per heavy atom. The molecule has 3 heterocycles. The van der Waals surface area contributed by atoms with E-state index in [0.717, 1.165) is 19.4 Å². The zero-order chi connectivity index (χ0) is 17.2. The van der Waals surface area contributed by atoms with Gasteiger partial charge in [-0.2, -0.15) is 0 Å². The van der Waals surface area contributed by atoms with Gasteiger partial charge >= 0.3 is 0 Å². The zero-order valence-electron chi connectivity index (χ0n) is 14.1. The summed E-state index contributed by atoms with van der Waals surface area (Å²) in [5.41, 5.74) is 0.688. The number of aliphatic hydroxyl groups excluding tert-OH is 1. The molecule has 2 aliphatic rings. The van der Waals surface area contributed by atoms with E-state index >= 15 is 0 Å². The molecule has 2 saturated heterocycles. The molecule has 0 amide bonds. The van der Waals surface area contributed by atoms with E-state index in [2.05, 4.69) is 9.88 Å². The van der Waals surface area contributed by atoms with Gasteiger partial charge in [0.15, 0.2) is 5.76 Å². The van der Waals surface area contributed by atoms with Crippen molar-refractivity contribution in [3.05, 3.63) is 42.2 Å². The molecule has 0 spiro atoms. The summed E-state index contributed by atoms with van der Waals surface area (Å²) in [4.78, 5) is 6.68. The smallest absolute Gasteiger partial charge is 0.209 e. The Kier molecular flexibility index (Phi) is 4.83. The molecular weight excluding hydrogens is 323 g/mol. The molecule has 2 aromatic rings. The Hall–Kier alpha value is -1.76. The van der Waals surface area contributed by atoms with Crippen LogP contribution in [0.2, 0.25) is 0 Å². The minimum absolute atomic E-state index is 0.147. The highest BCUT2D eigenvalue weighted by molar-refractivity contribution is 5.56. The van der Waals surface area contributed by atoms with Crippen molar-refractivity contribution in [3.8, 4) is 11.3 Å². The van der Waals surface area contributed by atoms with Crippen molar-refractivity contribution < 1.29 is 18.7 Å². The fourth-order valence-electron chi connectivity index (χ4n) is 3.98. The molecule has 3 atom stereocenters. The molecule has 25 heavy (non-hydrogen) atoms. The number of aromatic nitrogens is 1. The first-order valence-electron chi connectivity index (χ1n) is 8.91. The van der Waals surface area contributed by atoms with E-state index in [1.807, 2.05) is 6.07 Å². The van der Waals surface area contributed by atoms with Gasteiger partial charge in [0, 0.05) is 24.1 Å². The van der Waals surface area contributed by atoms with Crippen molar-refractivity contribution in [2.24, 2.45) is 5.92 Å². The second-order valence-corrected chi connectivity index (χ2v) is 6.90. The van der Waals surface area contributed by atoms with E-state index in [9.17, 15) is 9.50 Å². The summed E-state index contributed by atoms with van der Waals surface area (Å²) in [5.74, 6) is 1.05. The maximum atomic E-state index is 13.4. The molecule has 0 unspecified atom stereocenters. The minimum atomic E-state index is -0.299. The predicted molar refractivity (Wildman–Crippen MR) is 90.3 cm³/mol. The van der Waals surface area contributed by atoms with E-state index in [1.54, 1.807) is 12.3 Å². The molecule has 1 aromatic heterocycles. The third kappa shape index (κ3) is 3.61. The molecule has 5 nitrogen and oxygen atoms in total. The van der Waals surface area contributed by atoms with E-state index < -0.39 is 0 Å². The summed E-state index contributed by atoms with van der Waals surface area (Å²) < 4.78 is 24.8. The van der Waals surface area contributed by atoms with Gasteiger partial charge in [-0.3, -0.25) is 4.90 Å². The highest BCUT2D eigenvalue weighted by Crippen LogP contribution is 2.31. The second kappa shape index (κ2) is 7.23.